The summed E-state index contributed by atoms with van der Waals surface area (Å²) in [6.07, 6.45) is -0.339. The number of carbonyl (C=O) groups excluding carboxylic acids is 2. The molecule has 0 aromatic heterocycles. The maximum Gasteiger partial charge on any atom is 0.264 e. The van der Waals surface area contributed by atoms with Gasteiger partial charge in [-0.25, -0.2) is 0 Å². The summed E-state index contributed by atoms with van der Waals surface area (Å²) in [5.41, 5.74) is 0.373. The Bertz CT molecular complexity index is 1130. The van der Waals surface area contributed by atoms with E-state index in [1.54, 1.807) is 48.5 Å². The van der Waals surface area contributed by atoms with Crippen LogP contribution in [-0.2, 0) is 16.9 Å². The number of hydrogen-bond acceptors (Lipinski definition) is 3. The van der Waals surface area contributed by atoms with Crippen LogP contribution in [0.5, 0.6) is 0 Å². The zero-order chi connectivity index (χ0) is 21.5. The largest absolute Gasteiger partial charge is 0.375 e. The van der Waals surface area contributed by atoms with Gasteiger partial charge in [0.05, 0.1) is 18.7 Å². The Labute approximate surface area is 195 Å². The summed E-state index contributed by atoms with van der Waals surface area (Å²) in [5, 5.41) is 12.1. The first-order chi connectivity index (χ1) is 14.3. The molecule has 1 unspecified atom stereocenters. The summed E-state index contributed by atoms with van der Waals surface area (Å²) in [7, 11) is 0. The van der Waals surface area contributed by atoms with Gasteiger partial charge in [-0.2, -0.15) is 0 Å². The van der Waals surface area contributed by atoms with E-state index in [1.165, 1.54) is 4.90 Å². The summed E-state index contributed by atoms with van der Waals surface area (Å²) in [6.45, 7) is 0.263. The second-order valence-electron chi connectivity index (χ2n) is 7.15. The van der Waals surface area contributed by atoms with Crippen molar-refractivity contribution in [2.24, 2.45) is 0 Å². The average Bonchev–Trinajstić information content (AvgIpc) is 2.91. The fourth-order valence-corrected chi connectivity index (χ4v) is 4.34. The molecule has 0 aliphatic carbocycles. The third-order valence-corrected chi connectivity index (χ3v) is 6.40. The molecule has 3 aromatic rings. The van der Waals surface area contributed by atoms with Crippen molar-refractivity contribution in [3.05, 3.63) is 97.4 Å². The lowest BCUT2D eigenvalue weighted by Gasteiger charge is -2.23. The number of Topliss-reactive ketones (excluding diaryl/α,β-unsaturated/α-hetero) is 1. The number of anilines is 1. The Morgan fingerprint density at radius 2 is 1.60 bits per heavy atom. The lowest BCUT2D eigenvalue weighted by Crippen LogP contribution is -2.41. The van der Waals surface area contributed by atoms with Crippen LogP contribution in [0, 0.1) is 0 Å². The van der Waals surface area contributed by atoms with E-state index in [1.807, 2.05) is 18.2 Å². The molecule has 4 nitrogen and oxygen atoms in total. The minimum atomic E-state index is -1.93. The van der Waals surface area contributed by atoms with Crippen LogP contribution in [0.25, 0.3) is 0 Å². The van der Waals surface area contributed by atoms with E-state index >= 15 is 0 Å². The molecule has 0 saturated carbocycles. The van der Waals surface area contributed by atoms with Crippen LogP contribution in [-0.4, -0.2) is 16.8 Å². The number of hydrogen-bond donors (Lipinski definition) is 1. The highest BCUT2D eigenvalue weighted by atomic mass is 79.9. The van der Waals surface area contributed by atoms with Crippen molar-refractivity contribution in [3.63, 3.8) is 0 Å². The standard InChI is InChI=1S/C23H16Br2ClNO3/c24-16-5-3-15(4-6-16)21(28)12-23(30)19-11-17(25)7-10-20(19)27(22(23)29)13-14-1-8-18(26)9-2-14/h1-11,30H,12-13H2. The highest BCUT2D eigenvalue weighted by molar-refractivity contribution is 9.10. The number of rotatable bonds is 5. The smallest absolute Gasteiger partial charge is 0.264 e. The molecule has 0 spiro atoms. The third kappa shape index (κ3) is 3.97. The molecular formula is C23H16Br2ClNO3. The van der Waals surface area contributed by atoms with Crippen molar-refractivity contribution in [1.29, 1.82) is 0 Å². The van der Waals surface area contributed by atoms with E-state index in [-0.39, 0.29) is 18.7 Å². The summed E-state index contributed by atoms with van der Waals surface area (Å²) < 4.78 is 1.56. The van der Waals surface area contributed by atoms with Crippen molar-refractivity contribution in [2.75, 3.05) is 4.90 Å². The summed E-state index contributed by atoms with van der Waals surface area (Å²) in [4.78, 5) is 27.8. The molecule has 1 aliphatic heterocycles. The van der Waals surface area contributed by atoms with Gasteiger partial charge in [0.25, 0.3) is 5.91 Å². The van der Waals surface area contributed by atoms with Gasteiger partial charge in [0.15, 0.2) is 11.4 Å². The van der Waals surface area contributed by atoms with Gasteiger partial charge in [0, 0.05) is 25.1 Å². The van der Waals surface area contributed by atoms with Crippen LogP contribution in [0.15, 0.2) is 75.7 Å². The monoisotopic (exact) mass is 547 g/mol. The summed E-state index contributed by atoms with van der Waals surface area (Å²) in [6, 6.07) is 19.3. The van der Waals surface area contributed by atoms with Crippen molar-refractivity contribution < 1.29 is 14.7 Å². The average molecular weight is 550 g/mol. The molecule has 0 radical (unpaired) electrons. The van der Waals surface area contributed by atoms with Crippen LogP contribution in [0.2, 0.25) is 5.02 Å². The molecule has 4 rings (SSSR count). The van der Waals surface area contributed by atoms with Gasteiger partial charge in [-0.05, 0) is 48.0 Å². The van der Waals surface area contributed by atoms with Gasteiger partial charge in [0.1, 0.15) is 0 Å². The first-order valence-corrected chi connectivity index (χ1v) is 11.1. The van der Waals surface area contributed by atoms with Crippen LogP contribution >= 0.6 is 43.5 Å². The molecule has 152 valence electrons. The zero-order valence-electron chi connectivity index (χ0n) is 15.6. The number of benzene rings is 3. The molecule has 1 amide bonds. The Hall–Kier alpha value is -1.99. The molecule has 7 heteroatoms. The molecule has 1 aliphatic rings. The van der Waals surface area contributed by atoms with E-state index in [2.05, 4.69) is 31.9 Å². The van der Waals surface area contributed by atoms with Gasteiger partial charge in [-0.1, -0.05) is 67.7 Å². The van der Waals surface area contributed by atoms with Crippen molar-refractivity contribution in [3.8, 4) is 0 Å². The third-order valence-electron chi connectivity index (χ3n) is 5.13. The SMILES string of the molecule is O=C(CC1(O)C(=O)N(Cc2ccc(Cl)cc2)c2ccc(Br)cc21)c1ccc(Br)cc1. The summed E-state index contributed by atoms with van der Waals surface area (Å²) in [5.74, 6) is -0.825. The van der Waals surface area contributed by atoms with Crippen LogP contribution in [0.3, 0.4) is 0 Å². The van der Waals surface area contributed by atoms with Gasteiger partial charge in [-0.3, -0.25) is 9.59 Å². The second-order valence-corrected chi connectivity index (χ2v) is 9.41. The minimum absolute atomic E-state index is 0.263. The number of halogens is 3. The van der Waals surface area contributed by atoms with Crippen molar-refractivity contribution in [1.82, 2.24) is 0 Å². The molecular weight excluding hydrogens is 534 g/mol. The summed E-state index contributed by atoms with van der Waals surface area (Å²) >= 11 is 12.7. The predicted molar refractivity (Wildman–Crippen MR) is 124 cm³/mol. The van der Waals surface area contributed by atoms with E-state index in [0.717, 1.165) is 14.5 Å². The quantitative estimate of drug-likeness (QED) is 0.405. The Kier molecular flexibility index (Phi) is 5.86. The van der Waals surface area contributed by atoms with E-state index < -0.39 is 11.5 Å². The number of aliphatic hydroxyl groups is 1. The lowest BCUT2D eigenvalue weighted by molar-refractivity contribution is -0.136. The highest BCUT2D eigenvalue weighted by Gasteiger charge is 2.51. The van der Waals surface area contributed by atoms with Crippen molar-refractivity contribution >= 4 is 60.8 Å². The zero-order valence-corrected chi connectivity index (χ0v) is 19.5. The molecule has 3 aromatic carbocycles. The Balaban J connectivity index is 1.70. The predicted octanol–water partition coefficient (Wildman–Crippen LogP) is 5.87. The van der Waals surface area contributed by atoms with Crippen molar-refractivity contribution in [2.45, 2.75) is 18.6 Å². The number of amides is 1. The number of nitrogens with zero attached hydrogens (tertiary/aromatic N) is 1. The van der Waals surface area contributed by atoms with Gasteiger partial charge in [0.2, 0.25) is 0 Å². The topological polar surface area (TPSA) is 57.6 Å². The first-order valence-electron chi connectivity index (χ1n) is 9.15. The second kappa shape index (κ2) is 8.27. The number of ketones is 1. The van der Waals surface area contributed by atoms with E-state index in [4.69, 9.17) is 11.6 Å². The lowest BCUT2D eigenvalue weighted by atomic mass is 9.88. The Morgan fingerprint density at radius 3 is 2.27 bits per heavy atom. The van der Waals surface area contributed by atoms with Gasteiger partial charge >= 0.3 is 0 Å². The molecule has 30 heavy (non-hydrogen) atoms. The minimum Gasteiger partial charge on any atom is -0.375 e. The first kappa shape index (κ1) is 21.2. The molecule has 0 fully saturated rings. The maximum atomic E-state index is 13.4. The highest BCUT2D eigenvalue weighted by Crippen LogP contribution is 2.44. The number of carbonyl (C=O) groups is 2. The molecule has 0 saturated heterocycles. The maximum absolute atomic E-state index is 13.4. The normalized spacial score (nSPS) is 17.9. The molecule has 1 N–H and O–H groups in total. The van der Waals surface area contributed by atoms with E-state index in [9.17, 15) is 14.7 Å². The van der Waals surface area contributed by atoms with Gasteiger partial charge in [-0.15, -0.1) is 0 Å². The fourth-order valence-electron chi connectivity index (χ4n) is 3.59. The molecule has 1 heterocycles. The van der Waals surface area contributed by atoms with Crippen LogP contribution in [0.4, 0.5) is 5.69 Å². The van der Waals surface area contributed by atoms with Gasteiger partial charge < -0.3 is 10.0 Å². The van der Waals surface area contributed by atoms with Crippen LogP contribution in [0.1, 0.15) is 27.9 Å². The van der Waals surface area contributed by atoms with Crippen LogP contribution < -0.4 is 4.90 Å². The van der Waals surface area contributed by atoms with E-state index in [0.29, 0.717) is 21.8 Å². The fraction of sp³-hybridized carbons (Fsp3) is 0.130. The Morgan fingerprint density at radius 1 is 0.967 bits per heavy atom. The molecule has 0 bridgehead atoms. The molecule has 1 atom stereocenters. The number of fused-ring (bicyclic) bond motifs is 1.